The second kappa shape index (κ2) is 4.70. The fourth-order valence-electron chi connectivity index (χ4n) is 2.17. The van der Waals surface area contributed by atoms with Crippen molar-refractivity contribution < 1.29 is 18.3 Å². The number of rotatable bonds is 3. The van der Waals surface area contributed by atoms with Crippen LogP contribution in [0, 0.1) is 0 Å². The van der Waals surface area contributed by atoms with Gasteiger partial charge in [0.15, 0.2) is 5.78 Å². The number of carbonyl (C=O) groups excluding carboxylic acids is 1. The van der Waals surface area contributed by atoms with E-state index in [1.807, 2.05) is 0 Å². The molecule has 0 aromatic heterocycles. The summed E-state index contributed by atoms with van der Waals surface area (Å²) in [6.07, 6.45) is 2.65. The third kappa shape index (κ3) is 2.39. The zero-order valence-corrected chi connectivity index (χ0v) is 10.9. The molecule has 0 aliphatic carbocycles. The van der Waals surface area contributed by atoms with Crippen LogP contribution in [0.5, 0.6) is 0 Å². The van der Waals surface area contributed by atoms with Crippen LogP contribution in [0.1, 0.15) is 22.3 Å². The average molecular weight is 269 g/mol. The number of aliphatic hydroxyl groups is 1. The molecule has 1 N–H and O–H groups in total. The van der Waals surface area contributed by atoms with E-state index in [9.17, 15) is 13.2 Å². The van der Waals surface area contributed by atoms with Crippen molar-refractivity contribution in [1.82, 2.24) is 0 Å². The van der Waals surface area contributed by atoms with Crippen molar-refractivity contribution in [1.29, 1.82) is 0 Å². The van der Waals surface area contributed by atoms with Crippen molar-refractivity contribution in [2.24, 2.45) is 0 Å². The second-order valence-electron chi connectivity index (χ2n) is 4.36. The van der Waals surface area contributed by atoms with E-state index < -0.39 is 16.6 Å². The number of ketones is 1. The van der Waals surface area contributed by atoms with Gasteiger partial charge in [0.25, 0.3) is 0 Å². The van der Waals surface area contributed by atoms with E-state index in [0.29, 0.717) is 17.8 Å². The van der Waals surface area contributed by atoms with Gasteiger partial charge in [-0.05, 0) is 36.6 Å². The number of benzene rings is 1. The largest absolute Gasteiger partial charge is 0.388 e. The minimum atomic E-state index is -3.28. The fourth-order valence-corrected chi connectivity index (χ4v) is 3.17. The lowest BCUT2D eigenvalue weighted by Gasteiger charge is -2.29. The Morgan fingerprint density at radius 1 is 1.44 bits per heavy atom. The molecule has 1 aliphatic rings. The van der Waals surface area contributed by atoms with Crippen LogP contribution in [0.25, 0.3) is 0 Å². The fraction of sp³-hybridized carbons (Fsp3) is 0.417. The summed E-state index contributed by atoms with van der Waals surface area (Å²) in [7, 11) is -3.28. The number of carbonyl (C=O) groups is 1. The average Bonchev–Trinajstić information content (AvgIpc) is 2.35. The molecule has 0 saturated carbocycles. The Morgan fingerprint density at radius 2 is 2.17 bits per heavy atom. The van der Waals surface area contributed by atoms with Gasteiger partial charge in [0.2, 0.25) is 10.0 Å². The van der Waals surface area contributed by atoms with Crippen LogP contribution in [0.15, 0.2) is 18.2 Å². The third-order valence-electron chi connectivity index (χ3n) is 3.02. The van der Waals surface area contributed by atoms with Gasteiger partial charge in [-0.2, -0.15) is 0 Å². The Hall–Kier alpha value is -1.40. The van der Waals surface area contributed by atoms with Gasteiger partial charge in [-0.1, -0.05) is 0 Å². The molecule has 1 aliphatic heterocycles. The predicted octanol–water partition coefficient (Wildman–Crippen LogP) is 0.574. The number of aliphatic hydroxyl groups excluding tert-OH is 1. The maximum absolute atomic E-state index is 11.6. The molecular formula is C12H15NO4S. The number of nitrogens with zero attached hydrogens (tertiary/aromatic N) is 1. The number of anilines is 1. The smallest absolute Gasteiger partial charge is 0.232 e. The summed E-state index contributed by atoms with van der Waals surface area (Å²) in [5.74, 6) is -0.353. The molecule has 1 heterocycles. The molecule has 5 nitrogen and oxygen atoms in total. The van der Waals surface area contributed by atoms with Gasteiger partial charge in [-0.25, -0.2) is 8.42 Å². The maximum Gasteiger partial charge on any atom is 0.232 e. The quantitative estimate of drug-likeness (QED) is 0.814. The van der Waals surface area contributed by atoms with Crippen molar-refractivity contribution in [2.45, 2.75) is 12.8 Å². The molecule has 6 heteroatoms. The van der Waals surface area contributed by atoms with Gasteiger partial charge >= 0.3 is 0 Å². The van der Waals surface area contributed by atoms with Crippen LogP contribution in [-0.4, -0.2) is 38.7 Å². The minimum absolute atomic E-state index is 0.353. The van der Waals surface area contributed by atoms with Crippen LogP contribution in [0.3, 0.4) is 0 Å². The molecule has 1 aromatic carbocycles. The van der Waals surface area contributed by atoms with E-state index in [1.54, 1.807) is 18.2 Å². The van der Waals surface area contributed by atoms with Crippen LogP contribution < -0.4 is 4.31 Å². The molecule has 0 amide bonds. The van der Waals surface area contributed by atoms with Gasteiger partial charge in [0, 0.05) is 12.1 Å². The first kappa shape index (κ1) is 13.0. The van der Waals surface area contributed by atoms with E-state index in [2.05, 4.69) is 0 Å². The van der Waals surface area contributed by atoms with E-state index in [0.717, 1.165) is 18.4 Å². The normalized spacial score (nSPS) is 15.3. The molecule has 18 heavy (non-hydrogen) atoms. The number of aryl methyl sites for hydroxylation is 1. The lowest BCUT2D eigenvalue weighted by molar-refractivity contribution is 0.0903. The van der Waals surface area contributed by atoms with E-state index >= 15 is 0 Å². The molecule has 0 unspecified atom stereocenters. The van der Waals surface area contributed by atoms with Crippen molar-refractivity contribution in [3.05, 3.63) is 29.3 Å². The Balaban J connectivity index is 2.46. The third-order valence-corrected chi connectivity index (χ3v) is 4.20. The van der Waals surface area contributed by atoms with Crippen LogP contribution in [0.4, 0.5) is 5.69 Å². The number of hydrogen-bond acceptors (Lipinski definition) is 4. The zero-order chi connectivity index (χ0) is 13.3. The van der Waals surface area contributed by atoms with Crippen LogP contribution in [0.2, 0.25) is 0 Å². The number of Topliss-reactive ketones (excluding diaryl/α,β-unsaturated/α-hetero) is 1. The minimum Gasteiger partial charge on any atom is -0.388 e. The Labute approximate surface area is 106 Å². The Kier molecular flexibility index (Phi) is 3.41. The first-order chi connectivity index (χ1) is 8.43. The predicted molar refractivity (Wildman–Crippen MR) is 68.4 cm³/mol. The monoisotopic (exact) mass is 269 g/mol. The lowest BCUT2D eigenvalue weighted by Crippen LogP contribution is -2.34. The molecule has 0 fully saturated rings. The van der Waals surface area contributed by atoms with Gasteiger partial charge in [-0.15, -0.1) is 0 Å². The maximum atomic E-state index is 11.6. The Morgan fingerprint density at radius 3 is 2.78 bits per heavy atom. The molecule has 0 atom stereocenters. The van der Waals surface area contributed by atoms with E-state index in [1.165, 1.54) is 10.6 Å². The molecule has 0 spiro atoms. The van der Waals surface area contributed by atoms with Crippen molar-refractivity contribution in [3.63, 3.8) is 0 Å². The summed E-state index contributed by atoms with van der Waals surface area (Å²) in [6, 6.07) is 4.87. The first-order valence-corrected chi connectivity index (χ1v) is 7.53. The highest BCUT2D eigenvalue weighted by Gasteiger charge is 2.24. The van der Waals surface area contributed by atoms with Crippen LogP contribution >= 0.6 is 0 Å². The zero-order valence-electron chi connectivity index (χ0n) is 10.1. The lowest BCUT2D eigenvalue weighted by atomic mass is 9.99. The second-order valence-corrected chi connectivity index (χ2v) is 6.27. The molecule has 0 radical (unpaired) electrons. The summed E-state index contributed by atoms with van der Waals surface area (Å²) >= 11 is 0. The Bertz CT molecular complexity index is 580. The first-order valence-electron chi connectivity index (χ1n) is 5.68. The SMILES string of the molecule is CS(=O)(=O)N1CCCc2cc(C(=O)CO)ccc21. The van der Waals surface area contributed by atoms with Gasteiger partial charge in [0.05, 0.1) is 11.9 Å². The topological polar surface area (TPSA) is 74.7 Å². The summed E-state index contributed by atoms with van der Waals surface area (Å²) in [5.41, 5.74) is 1.90. The van der Waals surface area contributed by atoms with Gasteiger partial charge in [0.1, 0.15) is 6.61 Å². The molecular weight excluding hydrogens is 254 g/mol. The molecule has 98 valence electrons. The molecule has 1 aromatic rings. The van der Waals surface area contributed by atoms with Crippen molar-refractivity contribution in [2.75, 3.05) is 23.7 Å². The van der Waals surface area contributed by atoms with E-state index in [4.69, 9.17) is 5.11 Å². The standard InChI is InChI=1S/C12H15NO4S/c1-18(16,17)13-6-2-3-9-7-10(12(15)8-14)4-5-11(9)13/h4-5,7,14H,2-3,6,8H2,1H3. The molecule has 2 rings (SSSR count). The van der Waals surface area contributed by atoms with Crippen LogP contribution in [-0.2, 0) is 16.4 Å². The van der Waals surface area contributed by atoms with Gasteiger partial charge in [-0.3, -0.25) is 9.10 Å². The highest BCUT2D eigenvalue weighted by molar-refractivity contribution is 7.92. The number of fused-ring (bicyclic) bond motifs is 1. The highest BCUT2D eigenvalue weighted by atomic mass is 32.2. The number of hydrogen-bond donors (Lipinski definition) is 1. The van der Waals surface area contributed by atoms with E-state index in [-0.39, 0.29) is 5.78 Å². The summed E-state index contributed by atoms with van der Waals surface area (Å²) in [6.45, 7) is -0.0618. The molecule has 0 saturated heterocycles. The van der Waals surface area contributed by atoms with Crippen molar-refractivity contribution >= 4 is 21.5 Å². The molecule has 0 bridgehead atoms. The van der Waals surface area contributed by atoms with Gasteiger partial charge < -0.3 is 5.11 Å². The summed E-state index contributed by atoms with van der Waals surface area (Å²) in [4.78, 5) is 11.4. The summed E-state index contributed by atoms with van der Waals surface area (Å²) in [5, 5.41) is 8.82. The summed E-state index contributed by atoms with van der Waals surface area (Å²) < 4.78 is 24.6. The highest BCUT2D eigenvalue weighted by Crippen LogP contribution is 2.29. The van der Waals surface area contributed by atoms with Crippen molar-refractivity contribution in [3.8, 4) is 0 Å². The number of sulfonamides is 1.